The third kappa shape index (κ3) is 7.48. The van der Waals surface area contributed by atoms with Crippen molar-refractivity contribution in [2.75, 3.05) is 40.0 Å². The number of nitrogens with one attached hydrogen (secondary N) is 1. The Balaban J connectivity index is 2.53. The number of pyridine rings is 1. The highest BCUT2D eigenvalue weighted by atomic mass is 32.2. The highest BCUT2D eigenvalue weighted by Gasteiger charge is 2.20. The molecule has 1 aromatic rings. The summed E-state index contributed by atoms with van der Waals surface area (Å²) < 4.78 is 24.7. The minimum absolute atomic E-state index is 0.0881. The molecule has 124 valence electrons. The lowest BCUT2D eigenvalue weighted by molar-refractivity contribution is -0.121. The minimum Gasteiger partial charge on any atom is -0.355 e. The highest BCUT2D eigenvalue weighted by Crippen LogP contribution is 2.05. The van der Waals surface area contributed by atoms with E-state index >= 15 is 0 Å². The number of aromatic nitrogens is 1. The largest absolute Gasteiger partial charge is 0.355 e. The number of carbonyl (C=O) groups excluding carboxylic acids is 1. The van der Waals surface area contributed by atoms with Gasteiger partial charge in [0.05, 0.1) is 25.0 Å². The fourth-order valence-corrected chi connectivity index (χ4v) is 2.52. The smallest absolute Gasteiger partial charge is 0.235 e. The van der Waals surface area contributed by atoms with Crippen molar-refractivity contribution >= 4 is 15.9 Å². The molecule has 7 nitrogen and oxygen atoms in total. The monoisotopic (exact) mass is 328 g/mol. The van der Waals surface area contributed by atoms with Crippen LogP contribution in [0.15, 0.2) is 24.4 Å². The molecule has 1 rings (SSSR count). The Morgan fingerprint density at radius 1 is 1.32 bits per heavy atom. The topological polar surface area (TPSA) is 82.6 Å². The van der Waals surface area contributed by atoms with Crippen molar-refractivity contribution < 1.29 is 13.2 Å². The second kappa shape index (κ2) is 8.82. The van der Waals surface area contributed by atoms with Crippen molar-refractivity contribution in [1.82, 2.24) is 19.5 Å². The Labute approximate surface area is 132 Å². The third-order valence-corrected chi connectivity index (χ3v) is 4.15. The summed E-state index contributed by atoms with van der Waals surface area (Å²) in [6.07, 6.45) is 3.50. The van der Waals surface area contributed by atoms with Gasteiger partial charge in [0, 0.05) is 12.7 Å². The maximum atomic E-state index is 11.9. The summed E-state index contributed by atoms with van der Waals surface area (Å²) in [5.41, 5.74) is 0.605. The van der Waals surface area contributed by atoms with Gasteiger partial charge in [-0.15, -0.1) is 0 Å². The van der Waals surface area contributed by atoms with Crippen LogP contribution < -0.4 is 5.32 Å². The summed E-state index contributed by atoms with van der Waals surface area (Å²) in [5.74, 6) is -0.305. The number of hydrogen-bond acceptors (Lipinski definition) is 5. The van der Waals surface area contributed by atoms with Crippen LogP contribution in [0.1, 0.15) is 12.1 Å². The minimum atomic E-state index is -3.48. The summed E-state index contributed by atoms with van der Waals surface area (Å²) in [5, 5.41) is 2.73. The Bertz CT molecular complexity index is 561. The van der Waals surface area contributed by atoms with Crippen LogP contribution in [0.4, 0.5) is 0 Å². The van der Waals surface area contributed by atoms with E-state index in [0.29, 0.717) is 12.2 Å². The number of sulfonamides is 1. The van der Waals surface area contributed by atoms with E-state index in [1.165, 1.54) is 0 Å². The standard InChI is InChI=1S/C14H24N4O3S/c1-17(2)10-6-9-16-14(19)12-18(22(3,20)21)11-13-7-4-5-8-15-13/h4-5,7-8H,6,9-12H2,1-3H3,(H,16,19). The van der Waals surface area contributed by atoms with Crippen LogP contribution in [-0.2, 0) is 21.4 Å². The first-order valence-electron chi connectivity index (χ1n) is 7.05. The first kappa shape index (κ1) is 18.5. The van der Waals surface area contributed by atoms with E-state index in [9.17, 15) is 13.2 Å². The normalized spacial score (nSPS) is 11.9. The van der Waals surface area contributed by atoms with Crippen LogP contribution in [0.3, 0.4) is 0 Å². The Hall–Kier alpha value is -1.51. The molecule has 1 heterocycles. The van der Waals surface area contributed by atoms with E-state index in [4.69, 9.17) is 0 Å². The van der Waals surface area contributed by atoms with E-state index in [1.54, 1.807) is 24.4 Å². The Morgan fingerprint density at radius 3 is 2.59 bits per heavy atom. The van der Waals surface area contributed by atoms with Crippen LogP contribution >= 0.6 is 0 Å². The lowest BCUT2D eigenvalue weighted by Gasteiger charge is -2.19. The van der Waals surface area contributed by atoms with E-state index in [2.05, 4.69) is 10.3 Å². The molecule has 22 heavy (non-hydrogen) atoms. The molecule has 1 amide bonds. The van der Waals surface area contributed by atoms with Crippen LogP contribution in [0.25, 0.3) is 0 Å². The van der Waals surface area contributed by atoms with Gasteiger partial charge in [-0.05, 0) is 39.2 Å². The molecule has 0 spiro atoms. The van der Waals surface area contributed by atoms with Crippen molar-refractivity contribution in [3.05, 3.63) is 30.1 Å². The molecule has 0 aliphatic carbocycles. The van der Waals surface area contributed by atoms with E-state index < -0.39 is 10.0 Å². The average Bonchev–Trinajstić information content (AvgIpc) is 2.43. The summed E-state index contributed by atoms with van der Waals surface area (Å²) in [6, 6.07) is 5.27. The fraction of sp³-hybridized carbons (Fsp3) is 0.571. The molecule has 0 fully saturated rings. The fourth-order valence-electron chi connectivity index (χ4n) is 1.80. The molecule has 1 aromatic heterocycles. The van der Waals surface area contributed by atoms with E-state index in [-0.39, 0.29) is 19.0 Å². The van der Waals surface area contributed by atoms with Crippen LogP contribution in [0.2, 0.25) is 0 Å². The first-order valence-corrected chi connectivity index (χ1v) is 8.90. The van der Waals surface area contributed by atoms with Gasteiger partial charge in [0.15, 0.2) is 0 Å². The summed E-state index contributed by atoms with van der Waals surface area (Å²) in [7, 11) is 0.439. The van der Waals surface area contributed by atoms with Crippen molar-refractivity contribution in [3.63, 3.8) is 0 Å². The molecular formula is C14H24N4O3S. The Kier molecular flexibility index (Phi) is 7.43. The molecule has 0 unspecified atom stereocenters. The summed E-state index contributed by atoms with van der Waals surface area (Å²) in [4.78, 5) is 18.0. The molecule has 0 saturated carbocycles. The molecule has 0 aliphatic heterocycles. The van der Waals surface area contributed by atoms with Crippen molar-refractivity contribution in [1.29, 1.82) is 0 Å². The molecule has 0 saturated heterocycles. The second-order valence-corrected chi connectivity index (χ2v) is 7.34. The van der Waals surface area contributed by atoms with Crippen LogP contribution in [0.5, 0.6) is 0 Å². The van der Waals surface area contributed by atoms with E-state index in [0.717, 1.165) is 23.5 Å². The van der Waals surface area contributed by atoms with Crippen molar-refractivity contribution in [2.24, 2.45) is 0 Å². The van der Waals surface area contributed by atoms with Gasteiger partial charge in [-0.3, -0.25) is 9.78 Å². The number of hydrogen-bond donors (Lipinski definition) is 1. The molecule has 0 atom stereocenters. The maximum Gasteiger partial charge on any atom is 0.235 e. The SMILES string of the molecule is CN(C)CCCNC(=O)CN(Cc1ccccn1)S(C)(=O)=O. The predicted molar refractivity (Wildman–Crippen MR) is 85.7 cm³/mol. The van der Waals surface area contributed by atoms with Crippen molar-refractivity contribution in [3.8, 4) is 0 Å². The first-order chi connectivity index (χ1) is 10.3. The third-order valence-electron chi connectivity index (χ3n) is 2.96. The summed E-state index contributed by atoms with van der Waals surface area (Å²) in [6.45, 7) is 1.28. The zero-order valence-corrected chi connectivity index (χ0v) is 14.1. The van der Waals surface area contributed by atoms with Gasteiger partial charge in [-0.1, -0.05) is 6.07 Å². The molecule has 1 N–H and O–H groups in total. The number of nitrogens with zero attached hydrogens (tertiary/aromatic N) is 3. The molecule has 0 aromatic carbocycles. The quantitative estimate of drug-likeness (QED) is 0.641. The average molecular weight is 328 g/mol. The maximum absolute atomic E-state index is 11.9. The lowest BCUT2D eigenvalue weighted by Crippen LogP contribution is -2.40. The van der Waals surface area contributed by atoms with Gasteiger partial charge in [0.25, 0.3) is 0 Å². The molecule has 0 radical (unpaired) electrons. The van der Waals surface area contributed by atoms with Crippen LogP contribution in [0, 0.1) is 0 Å². The number of rotatable bonds is 9. The predicted octanol–water partition coefficient (Wildman–Crippen LogP) is -0.0889. The molecule has 0 bridgehead atoms. The van der Waals surface area contributed by atoms with Gasteiger partial charge >= 0.3 is 0 Å². The number of carbonyl (C=O) groups is 1. The molecule has 8 heteroatoms. The molecular weight excluding hydrogens is 304 g/mol. The van der Waals surface area contributed by atoms with Gasteiger partial charge in [0.1, 0.15) is 0 Å². The summed E-state index contributed by atoms with van der Waals surface area (Å²) >= 11 is 0. The van der Waals surface area contributed by atoms with Gasteiger partial charge in [0.2, 0.25) is 15.9 Å². The van der Waals surface area contributed by atoms with Gasteiger partial charge in [-0.2, -0.15) is 4.31 Å². The van der Waals surface area contributed by atoms with Gasteiger partial charge in [-0.25, -0.2) is 8.42 Å². The van der Waals surface area contributed by atoms with Crippen molar-refractivity contribution in [2.45, 2.75) is 13.0 Å². The van der Waals surface area contributed by atoms with Crippen LogP contribution in [-0.4, -0.2) is 68.5 Å². The number of amides is 1. The lowest BCUT2D eigenvalue weighted by atomic mass is 10.3. The molecule has 0 aliphatic rings. The second-order valence-electron chi connectivity index (χ2n) is 5.36. The highest BCUT2D eigenvalue weighted by molar-refractivity contribution is 7.88. The zero-order chi connectivity index (χ0) is 16.6. The Morgan fingerprint density at radius 2 is 2.05 bits per heavy atom. The van der Waals surface area contributed by atoms with Gasteiger partial charge < -0.3 is 10.2 Å². The zero-order valence-electron chi connectivity index (χ0n) is 13.3. The van der Waals surface area contributed by atoms with E-state index in [1.807, 2.05) is 19.0 Å².